The Hall–Kier alpha value is -1.66. The Labute approximate surface area is 107 Å². The van der Waals surface area contributed by atoms with Gasteiger partial charge in [0.15, 0.2) is 0 Å². The van der Waals surface area contributed by atoms with Crippen molar-refractivity contribution in [1.29, 1.82) is 0 Å². The molecule has 1 saturated heterocycles. The quantitative estimate of drug-likeness (QED) is 0.576. The van der Waals surface area contributed by atoms with Gasteiger partial charge in [-0.25, -0.2) is 0 Å². The van der Waals surface area contributed by atoms with E-state index < -0.39 is 0 Å². The Morgan fingerprint density at radius 3 is 3.00 bits per heavy atom. The number of amides is 1. The van der Waals surface area contributed by atoms with Crippen molar-refractivity contribution in [2.75, 3.05) is 32.1 Å². The second-order valence-electron chi connectivity index (χ2n) is 4.68. The van der Waals surface area contributed by atoms with Gasteiger partial charge in [-0.05, 0) is 20.0 Å². The number of anilines is 1. The van der Waals surface area contributed by atoms with Crippen molar-refractivity contribution >= 4 is 11.6 Å². The average molecular weight is 249 g/mol. The molecule has 1 unspecified atom stereocenters. The van der Waals surface area contributed by atoms with Gasteiger partial charge in [0.25, 0.3) is 5.91 Å². The van der Waals surface area contributed by atoms with Crippen LogP contribution in [-0.4, -0.2) is 53.4 Å². The van der Waals surface area contributed by atoms with Crippen LogP contribution in [0.15, 0.2) is 18.5 Å². The third kappa shape index (κ3) is 2.44. The molecule has 18 heavy (non-hydrogen) atoms. The second-order valence-corrected chi connectivity index (χ2v) is 4.68. The molecule has 0 aliphatic carbocycles. The molecule has 0 bridgehead atoms. The third-order valence-corrected chi connectivity index (χ3v) is 3.30. The molecule has 1 aromatic rings. The van der Waals surface area contributed by atoms with Crippen LogP contribution in [0.4, 0.5) is 5.69 Å². The lowest BCUT2D eigenvalue weighted by molar-refractivity contribution is 0.0534. The van der Waals surface area contributed by atoms with Crippen molar-refractivity contribution in [2.24, 2.45) is 5.84 Å². The van der Waals surface area contributed by atoms with Crippen LogP contribution in [0, 0.1) is 0 Å². The molecule has 6 nitrogen and oxygen atoms in total. The van der Waals surface area contributed by atoms with E-state index in [1.165, 1.54) is 0 Å². The van der Waals surface area contributed by atoms with Gasteiger partial charge in [-0.15, -0.1) is 0 Å². The molecule has 6 heteroatoms. The number of hydrogen-bond donors (Lipinski definition) is 2. The maximum atomic E-state index is 12.5. The van der Waals surface area contributed by atoms with Crippen molar-refractivity contribution in [1.82, 2.24) is 14.8 Å². The van der Waals surface area contributed by atoms with E-state index in [1.807, 2.05) is 4.90 Å². The molecular formula is C12H19N5O. The number of likely N-dealkylation sites (N-methyl/N-ethyl adjacent to an activating group) is 1. The maximum Gasteiger partial charge on any atom is 0.256 e. The van der Waals surface area contributed by atoms with Gasteiger partial charge in [0.1, 0.15) is 0 Å². The number of carbonyl (C=O) groups is 1. The van der Waals surface area contributed by atoms with Crippen LogP contribution in [0.1, 0.15) is 17.3 Å². The van der Waals surface area contributed by atoms with Crippen molar-refractivity contribution in [2.45, 2.75) is 13.0 Å². The number of pyridine rings is 1. The fraction of sp³-hybridized carbons (Fsp3) is 0.500. The summed E-state index contributed by atoms with van der Waals surface area (Å²) in [4.78, 5) is 20.5. The number of nitrogens with zero attached hydrogens (tertiary/aromatic N) is 3. The molecular weight excluding hydrogens is 230 g/mol. The predicted molar refractivity (Wildman–Crippen MR) is 70.0 cm³/mol. The Bertz CT molecular complexity index is 436. The Morgan fingerprint density at radius 2 is 2.33 bits per heavy atom. The summed E-state index contributed by atoms with van der Waals surface area (Å²) < 4.78 is 0. The highest BCUT2D eigenvalue weighted by Crippen LogP contribution is 2.18. The number of hydrogen-bond acceptors (Lipinski definition) is 5. The first-order chi connectivity index (χ1) is 8.63. The number of hydrazine groups is 1. The molecule has 1 amide bonds. The zero-order valence-electron chi connectivity index (χ0n) is 10.8. The molecule has 1 aliphatic heterocycles. The van der Waals surface area contributed by atoms with Gasteiger partial charge in [-0.2, -0.15) is 0 Å². The van der Waals surface area contributed by atoms with Crippen molar-refractivity contribution < 1.29 is 4.79 Å². The van der Waals surface area contributed by atoms with Crippen molar-refractivity contribution in [3.8, 4) is 0 Å². The van der Waals surface area contributed by atoms with Gasteiger partial charge in [0.05, 0.1) is 17.4 Å². The highest BCUT2D eigenvalue weighted by molar-refractivity contribution is 5.99. The van der Waals surface area contributed by atoms with Crippen LogP contribution in [0.3, 0.4) is 0 Å². The molecule has 3 N–H and O–H groups in total. The number of nitrogens with one attached hydrogen (secondary N) is 1. The lowest BCUT2D eigenvalue weighted by Crippen LogP contribution is -2.52. The van der Waals surface area contributed by atoms with E-state index >= 15 is 0 Å². The Kier molecular flexibility index (Phi) is 3.78. The minimum atomic E-state index is 0.00551. The summed E-state index contributed by atoms with van der Waals surface area (Å²) in [6.45, 7) is 4.59. The number of rotatable bonds is 2. The van der Waals surface area contributed by atoms with Crippen LogP contribution < -0.4 is 11.3 Å². The van der Waals surface area contributed by atoms with Crippen LogP contribution >= 0.6 is 0 Å². The molecule has 1 aromatic heterocycles. The van der Waals surface area contributed by atoms with Gasteiger partial charge in [-0.3, -0.25) is 15.6 Å². The standard InChI is InChI=1S/C12H19N5O/c1-9-8-16(2)5-6-17(9)12(18)10-3-4-14-7-11(10)15-13/h3-4,7,9,15H,5-6,8,13H2,1-2H3. The van der Waals surface area contributed by atoms with Gasteiger partial charge in [0.2, 0.25) is 0 Å². The first kappa shape index (κ1) is 12.8. The second kappa shape index (κ2) is 5.32. The highest BCUT2D eigenvalue weighted by Gasteiger charge is 2.27. The van der Waals surface area contributed by atoms with Crippen LogP contribution in [-0.2, 0) is 0 Å². The summed E-state index contributed by atoms with van der Waals surface area (Å²) in [5, 5.41) is 0. The minimum Gasteiger partial charge on any atom is -0.333 e. The summed E-state index contributed by atoms with van der Waals surface area (Å²) in [5.74, 6) is 5.41. The summed E-state index contributed by atoms with van der Waals surface area (Å²) in [6, 6.07) is 1.90. The van der Waals surface area contributed by atoms with E-state index in [0.29, 0.717) is 11.3 Å². The van der Waals surface area contributed by atoms with E-state index in [9.17, 15) is 4.79 Å². The fourth-order valence-corrected chi connectivity index (χ4v) is 2.29. The molecule has 2 rings (SSSR count). The van der Waals surface area contributed by atoms with E-state index in [4.69, 9.17) is 5.84 Å². The van der Waals surface area contributed by atoms with Gasteiger partial charge in [0, 0.05) is 31.9 Å². The van der Waals surface area contributed by atoms with E-state index in [0.717, 1.165) is 19.6 Å². The van der Waals surface area contributed by atoms with Crippen LogP contribution in [0.5, 0.6) is 0 Å². The largest absolute Gasteiger partial charge is 0.333 e. The molecule has 1 atom stereocenters. The molecule has 0 radical (unpaired) electrons. The maximum absolute atomic E-state index is 12.5. The van der Waals surface area contributed by atoms with E-state index in [-0.39, 0.29) is 11.9 Å². The normalized spacial score (nSPS) is 20.8. The fourth-order valence-electron chi connectivity index (χ4n) is 2.29. The Morgan fingerprint density at radius 1 is 1.56 bits per heavy atom. The first-order valence-electron chi connectivity index (χ1n) is 6.03. The molecule has 0 aromatic carbocycles. The SMILES string of the molecule is CC1CN(C)CCN1C(=O)c1ccncc1NN. The summed E-state index contributed by atoms with van der Waals surface area (Å²) >= 11 is 0. The topological polar surface area (TPSA) is 74.5 Å². The monoisotopic (exact) mass is 249 g/mol. The van der Waals surface area contributed by atoms with Crippen LogP contribution in [0.2, 0.25) is 0 Å². The number of nitrogens with two attached hydrogens (primary N) is 1. The van der Waals surface area contributed by atoms with E-state index in [2.05, 4.69) is 29.3 Å². The molecule has 0 spiro atoms. The number of nitrogen functional groups attached to an aromatic ring is 1. The first-order valence-corrected chi connectivity index (χ1v) is 6.03. The molecule has 1 fully saturated rings. The number of piperazine rings is 1. The van der Waals surface area contributed by atoms with Crippen molar-refractivity contribution in [3.05, 3.63) is 24.0 Å². The van der Waals surface area contributed by atoms with Gasteiger partial charge < -0.3 is 15.2 Å². The summed E-state index contributed by atoms with van der Waals surface area (Å²) in [5.41, 5.74) is 3.66. The number of carbonyl (C=O) groups excluding carboxylic acids is 1. The predicted octanol–water partition coefficient (Wildman–Crippen LogP) is 0.143. The lowest BCUT2D eigenvalue weighted by Gasteiger charge is -2.38. The average Bonchev–Trinajstić information content (AvgIpc) is 2.38. The van der Waals surface area contributed by atoms with Crippen molar-refractivity contribution in [3.63, 3.8) is 0 Å². The third-order valence-electron chi connectivity index (χ3n) is 3.30. The summed E-state index contributed by atoms with van der Waals surface area (Å²) in [6.07, 6.45) is 3.17. The van der Waals surface area contributed by atoms with E-state index in [1.54, 1.807) is 18.5 Å². The smallest absolute Gasteiger partial charge is 0.256 e. The molecule has 2 heterocycles. The van der Waals surface area contributed by atoms with Gasteiger partial charge >= 0.3 is 0 Å². The highest BCUT2D eigenvalue weighted by atomic mass is 16.2. The lowest BCUT2D eigenvalue weighted by atomic mass is 10.1. The zero-order chi connectivity index (χ0) is 13.1. The molecule has 1 aliphatic rings. The van der Waals surface area contributed by atoms with Gasteiger partial charge in [-0.1, -0.05) is 0 Å². The zero-order valence-corrected chi connectivity index (χ0v) is 10.8. The molecule has 0 saturated carbocycles. The number of aromatic nitrogens is 1. The summed E-state index contributed by atoms with van der Waals surface area (Å²) in [7, 11) is 2.07. The van der Waals surface area contributed by atoms with Crippen LogP contribution in [0.25, 0.3) is 0 Å². The molecule has 98 valence electrons. The minimum absolute atomic E-state index is 0.00551. The Balaban J connectivity index is 2.20.